The number of benzene rings is 3. The molecule has 3 aromatic carbocycles. The fourth-order valence-electron chi connectivity index (χ4n) is 3.10. The SMILES string of the molecule is COc1cccc(C=Cc2nc3ccccc3c(=O)n2-c2ccc(F)cc2)c1O. The maximum Gasteiger partial charge on any atom is 0.266 e. The summed E-state index contributed by atoms with van der Waals surface area (Å²) < 4.78 is 19.9. The third-order valence-electron chi connectivity index (χ3n) is 4.55. The van der Waals surface area contributed by atoms with Gasteiger partial charge in [0.15, 0.2) is 11.5 Å². The third-order valence-corrected chi connectivity index (χ3v) is 4.55. The van der Waals surface area contributed by atoms with Gasteiger partial charge in [-0.15, -0.1) is 0 Å². The van der Waals surface area contributed by atoms with E-state index in [0.717, 1.165) is 0 Å². The molecule has 0 amide bonds. The highest BCUT2D eigenvalue weighted by molar-refractivity contribution is 5.80. The Balaban J connectivity index is 1.92. The first-order valence-corrected chi connectivity index (χ1v) is 8.90. The van der Waals surface area contributed by atoms with Crippen molar-refractivity contribution in [3.63, 3.8) is 0 Å². The number of para-hydroxylation sites is 2. The van der Waals surface area contributed by atoms with Gasteiger partial charge in [0.05, 0.1) is 23.7 Å². The van der Waals surface area contributed by atoms with Crippen molar-refractivity contribution in [3.8, 4) is 17.2 Å². The maximum atomic E-state index is 13.4. The molecular formula is C23H17FN2O3. The standard InChI is InChI=1S/C23H17FN2O3/c1-29-20-8-4-5-15(22(20)27)9-14-21-25-19-7-3-2-6-18(19)23(28)26(21)17-12-10-16(24)11-13-17/h2-14,27H,1H3. The Morgan fingerprint density at radius 2 is 1.76 bits per heavy atom. The summed E-state index contributed by atoms with van der Waals surface area (Å²) in [5, 5.41) is 10.8. The van der Waals surface area contributed by atoms with Crippen LogP contribution in [0.15, 0.2) is 71.5 Å². The molecule has 144 valence electrons. The molecule has 5 nitrogen and oxygen atoms in total. The molecule has 6 heteroatoms. The lowest BCUT2D eigenvalue weighted by atomic mass is 10.1. The zero-order valence-corrected chi connectivity index (χ0v) is 15.5. The molecular weight excluding hydrogens is 371 g/mol. The number of rotatable bonds is 4. The number of hydrogen-bond donors (Lipinski definition) is 1. The predicted octanol–water partition coefficient (Wildman–Crippen LogP) is 4.41. The molecule has 0 unspecified atom stereocenters. The number of aromatic hydroxyl groups is 1. The van der Waals surface area contributed by atoms with Crippen molar-refractivity contribution < 1.29 is 14.2 Å². The molecule has 4 rings (SSSR count). The van der Waals surface area contributed by atoms with E-state index in [1.165, 1.54) is 35.9 Å². The summed E-state index contributed by atoms with van der Waals surface area (Å²) in [6.45, 7) is 0. The first-order valence-electron chi connectivity index (χ1n) is 8.90. The first-order chi connectivity index (χ1) is 14.1. The summed E-state index contributed by atoms with van der Waals surface area (Å²) in [5.74, 6) is 0.286. The average Bonchev–Trinajstić information content (AvgIpc) is 2.74. The largest absolute Gasteiger partial charge is 0.504 e. The van der Waals surface area contributed by atoms with Gasteiger partial charge in [-0.2, -0.15) is 0 Å². The van der Waals surface area contributed by atoms with Crippen LogP contribution in [0.3, 0.4) is 0 Å². The molecule has 0 radical (unpaired) electrons. The highest BCUT2D eigenvalue weighted by atomic mass is 19.1. The van der Waals surface area contributed by atoms with Crippen molar-refractivity contribution in [1.82, 2.24) is 9.55 Å². The van der Waals surface area contributed by atoms with E-state index in [-0.39, 0.29) is 11.3 Å². The number of phenolic OH excluding ortho intramolecular Hbond substituents is 1. The molecule has 0 saturated heterocycles. The lowest BCUT2D eigenvalue weighted by Crippen LogP contribution is -2.22. The minimum Gasteiger partial charge on any atom is -0.504 e. The van der Waals surface area contributed by atoms with E-state index in [9.17, 15) is 14.3 Å². The number of phenols is 1. The van der Waals surface area contributed by atoms with E-state index in [2.05, 4.69) is 4.98 Å². The number of aromatic nitrogens is 2. The van der Waals surface area contributed by atoms with Crippen LogP contribution >= 0.6 is 0 Å². The lowest BCUT2D eigenvalue weighted by Gasteiger charge is -2.11. The van der Waals surface area contributed by atoms with Crippen LogP contribution < -0.4 is 10.3 Å². The Kier molecular flexibility index (Phi) is 4.83. The lowest BCUT2D eigenvalue weighted by molar-refractivity contribution is 0.373. The fourth-order valence-corrected chi connectivity index (χ4v) is 3.10. The molecule has 1 heterocycles. The van der Waals surface area contributed by atoms with Gasteiger partial charge in [-0.3, -0.25) is 9.36 Å². The zero-order valence-electron chi connectivity index (χ0n) is 15.5. The summed E-state index contributed by atoms with van der Waals surface area (Å²) in [6, 6.07) is 17.8. The van der Waals surface area contributed by atoms with Crippen molar-refractivity contribution in [1.29, 1.82) is 0 Å². The van der Waals surface area contributed by atoms with E-state index < -0.39 is 5.82 Å². The predicted molar refractivity (Wildman–Crippen MR) is 111 cm³/mol. The summed E-state index contributed by atoms with van der Waals surface area (Å²) >= 11 is 0. The molecule has 4 aromatic rings. The average molecular weight is 388 g/mol. The van der Waals surface area contributed by atoms with Gasteiger partial charge in [-0.05, 0) is 54.6 Å². The Bertz CT molecular complexity index is 1280. The van der Waals surface area contributed by atoms with Crippen molar-refractivity contribution in [2.75, 3.05) is 7.11 Å². The topological polar surface area (TPSA) is 64.3 Å². The van der Waals surface area contributed by atoms with Crippen LogP contribution in [0, 0.1) is 5.82 Å². The maximum absolute atomic E-state index is 13.4. The van der Waals surface area contributed by atoms with Gasteiger partial charge in [0.1, 0.15) is 11.6 Å². The van der Waals surface area contributed by atoms with E-state index in [4.69, 9.17) is 4.74 Å². The Morgan fingerprint density at radius 3 is 2.52 bits per heavy atom. The number of fused-ring (bicyclic) bond motifs is 1. The van der Waals surface area contributed by atoms with E-state index in [0.29, 0.717) is 33.7 Å². The monoisotopic (exact) mass is 388 g/mol. The third kappa shape index (κ3) is 3.48. The molecule has 0 atom stereocenters. The second-order valence-electron chi connectivity index (χ2n) is 6.34. The molecule has 0 bridgehead atoms. The minimum absolute atomic E-state index is 0.0114. The molecule has 29 heavy (non-hydrogen) atoms. The molecule has 1 aromatic heterocycles. The Hall–Kier alpha value is -3.93. The Morgan fingerprint density at radius 1 is 1.00 bits per heavy atom. The smallest absolute Gasteiger partial charge is 0.266 e. The molecule has 1 N–H and O–H groups in total. The minimum atomic E-state index is -0.394. The molecule has 0 spiro atoms. The van der Waals surface area contributed by atoms with Crippen LogP contribution in [-0.2, 0) is 0 Å². The number of ether oxygens (including phenoxy) is 1. The quantitative estimate of drug-likeness (QED) is 0.563. The molecule has 0 saturated carbocycles. The van der Waals surface area contributed by atoms with E-state index >= 15 is 0 Å². The van der Waals surface area contributed by atoms with Gasteiger partial charge in [-0.25, -0.2) is 9.37 Å². The van der Waals surface area contributed by atoms with Crippen molar-refractivity contribution >= 4 is 23.1 Å². The van der Waals surface area contributed by atoms with Crippen LogP contribution in [0.25, 0.3) is 28.7 Å². The number of nitrogens with zero attached hydrogens (tertiary/aromatic N) is 2. The Labute approximate surface area is 166 Å². The fraction of sp³-hybridized carbons (Fsp3) is 0.0435. The van der Waals surface area contributed by atoms with E-state index in [1.54, 1.807) is 54.6 Å². The zero-order chi connectivity index (χ0) is 20.4. The highest BCUT2D eigenvalue weighted by Crippen LogP contribution is 2.30. The second-order valence-corrected chi connectivity index (χ2v) is 6.34. The molecule has 0 aliphatic heterocycles. The van der Waals surface area contributed by atoms with Crippen molar-refractivity contribution in [2.24, 2.45) is 0 Å². The van der Waals surface area contributed by atoms with Crippen LogP contribution in [-0.4, -0.2) is 21.8 Å². The summed E-state index contributed by atoms with van der Waals surface area (Å²) in [6.07, 6.45) is 3.28. The second kappa shape index (κ2) is 7.59. The van der Waals surface area contributed by atoms with Gasteiger partial charge in [0.25, 0.3) is 5.56 Å². The first kappa shape index (κ1) is 18.4. The number of hydrogen-bond acceptors (Lipinski definition) is 4. The van der Waals surface area contributed by atoms with Crippen LogP contribution in [0.2, 0.25) is 0 Å². The van der Waals surface area contributed by atoms with Crippen LogP contribution in [0.4, 0.5) is 4.39 Å². The molecule has 0 fully saturated rings. The number of halogens is 1. The van der Waals surface area contributed by atoms with Crippen LogP contribution in [0.1, 0.15) is 11.4 Å². The van der Waals surface area contributed by atoms with Crippen molar-refractivity contribution in [2.45, 2.75) is 0 Å². The highest BCUT2D eigenvalue weighted by Gasteiger charge is 2.12. The van der Waals surface area contributed by atoms with Gasteiger partial charge < -0.3 is 9.84 Å². The summed E-state index contributed by atoms with van der Waals surface area (Å²) in [5.41, 5.74) is 1.28. The van der Waals surface area contributed by atoms with E-state index in [1.807, 2.05) is 0 Å². The van der Waals surface area contributed by atoms with Crippen LogP contribution in [0.5, 0.6) is 11.5 Å². The summed E-state index contributed by atoms with van der Waals surface area (Å²) in [4.78, 5) is 17.7. The van der Waals surface area contributed by atoms with Crippen molar-refractivity contribution in [3.05, 3.63) is 94.3 Å². The normalized spacial score (nSPS) is 11.2. The molecule has 0 aliphatic carbocycles. The van der Waals surface area contributed by atoms with Gasteiger partial charge in [0, 0.05) is 5.56 Å². The number of methoxy groups -OCH3 is 1. The van der Waals surface area contributed by atoms with Gasteiger partial charge in [-0.1, -0.05) is 24.3 Å². The van der Waals surface area contributed by atoms with Gasteiger partial charge >= 0.3 is 0 Å². The van der Waals surface area contributed by atoms with Gasteiger partial charge in [0.2, 0.25) is 0 Å². The molecule has 0 aliphatic rings. The summed E-state index contributed by atoms with van der Waals surface area (Å²) in [7, 11) is 1.47.